The molecule has 2 aromatic carbocycles. The molecule has 0 spiro atoms. The van der Waals surface area contributed by atoms with Crippen molar-refractivity contribution >= 4 is 51.1 Å². The van der Waals surface area contributed by atoms with Crippen LogP contribution >= 0.6 is 11.6 Å². The largest absolute Gasteiger partial charge is 0.461 e. The summed E-state index contributed by atoms with van der Waals surface area (Å²) in [4.78, 5) is 37.8. The molecule has 0 aliphatic carbocycles. The maximum absolute atomic E-state index is 16.9. The first-order valence-electron chi connectivity index (χ1n) is 17.8. The van der Waals surface area contributed by atoms with Gasteiger partial charge in [-0.3, -0.25) is 14.7 Å². The molecule has 0 N–H and O–H groups in total. The van der Waals surface area contributed by atoms with E-state index in [-0.39, 0.29) is 53.6 Å². The van der Waals surface area contributed by atoms with Gasteiger partial charge in [0, 0.05) is 66.3 Å². The Kier molecular flexibility index (Phi) is 8.11. The number of piperidine rings is 1. The number of ether oxygens (including phenoxy) is 1. The molecule has 5 aliphatic heterocycles. The maximum Gasteiger partial charge on any atom is 0.319 e. The second kappa shape index (κ2) is 12.7. The summed E-state index contributed by atoms with van der Waals surface area (Å²) in [6, 6.07) is 11.0. The summed E-state index contributed by atoms with van der Waals surface area (Å²) < 4.78 is 43.0. The van der Waals surface area contributed by atoms with Gasteiger partial charge >= 0.3 is 6.01 Å². The van der Waals surface area contributed by atoms with Crippen molar-refractivity contribution in [2.24, 2.45) is 0 Å². The normalized spacial score (nSPS) is 24.4. The minimum atomic E-state index is -0.916. The number of carbonyl (C=O) groups excluding carboxylic acids is 1. The third kappa shape index (κ3) is 5.56. The Balaban J connectivity index is 1.05. The number of amides is 1. The molecule has 2 bridgehead atoms. The lowest BCUT2D eigenvalue weighted by molar-refractivity contribution is -0.140. The van der Waals surface area contributed by atoms with Crippen molar-refractivity contribution in [1.82, 2.24) is 34.9 Å². The van der Waals surface area contributed by atoms with Crippen molar-refractivity contribution < 1.29 is 22.8 Å². The van der Waals surface area contributed by atoms with E-state index < -0.39 is 17.5 Å². The van der Waals surface area contributed by atoms with Gasteiger partial charge in [0.15, 0.2) is 11.6 Å². The molecule has 5 aromatic rings. The number of fused-ring (bicyclic) bond motifs is 5. The van der Waals surface area contributed by atoms with Crippen LogP contribution in [0.1, 0.15) is 57.2 Å². The highest BCUT2D eigenvalue weighted by Crippen LogP contribution is 2.42. The number of pyridine rings is 1. The highest BCUT2D eigenvalue weighted by Gasteiger charge is 2.50. The monoisotopic (exact) mass is 726 g/mol. The van der Waals surface area contributed by atoms with Crippen molar-refractivity contribution in [3.05, 3.63) is 71.2 Å². The van der Waals surface area contributed by atoms with Crippen molar-refractivity contribution in [1.29, 1.82) is 0 Å². The Morgan fingerprint density at radius 2 is 1.94 bits per heavy atom. The van der Waals surface area contributed by atoms with Crippen molar-refractivity contribution in [3.63, 3.8) is 0 Å². The van der Waals surface area contributed by atoms with Crippen molar-refractivity contribution in [3.8, 4) is 17.3 Å². The molecule has 5 fully saturated rings. The lowest BCUT2D eigenvalue weighted by Gasteiger charge is -2.56. The third-order valence-electron chi connectivity index (χ3n) is 11.1. The fourth-order valence-electron chi connectivity index (χ4n) is 8.58. The van der Waals surface area contributed by atoms with E-state index in [0.717, 1.165) is 31.2 Å². The van der Waals surface area contributed by atoms with Crippen molar-refractivity contribution in [2.45, 2.75) is 69.2 Å². The molecular weight excluding hydrogens is 690 g/mol. The molecule has 10 rings (SSSR count). The summed E-state index contributed by atoms with van der Waals surface area (Å²) in [6.07, 6.45) is 6.70. The highest BCUT2D eigenvalue weighted by atomic mass is 35.5. The zero-order chi connectivity index (χ0) is 35.7. The number of rotatable bonds is 8. The molecular formula is C38H37ClF2N8O3. The number of piperazine rings is 1. The third-order valence-corrected chi connectivity index (χ3v) is 11.4. The van der Waals surface area contributed by atoms with Crippen LogP contribution in [-0.4, -0.2) is 97.4 Å². The lowest BCUT2D eigenvalue weighted by Crippen LogP contribution is -2.70. The number of carbonyl (C=O) groups is 1. The summed E-state index contributed by atoms with van der Waals surface area (Å²) in [5.41, 5.74) is 0.302. The quantitative estimate of drug-likeness (QED) is 0.162. The molecule has 14 heteroatoms. The molecule has 11 nitrogen and oxygen atoms in total. The van der Waals surface area contributed by atoms with Gasteiger partial charge in [0.05, 0.1) is 23.0 Å². The predicted molar refractivity (Wildman–Crippen MR) is 192 cm³/mol. The van der Waals surface area contributed by atoms with Gasteiger partial charge in [0.25, 0.3) is 5.89 Å². The van der Waals surface area contributed by atoms with Crippen LogP contribution in [0, 0.1) is 5.82 Å². The molecule has 0 radical (unpaired) electrons. The summed E-state index contributed by atoms with van der Waals surface area (Å²) in [5, 5.41) is 6.44. The molecule has 268 valence electrons. The fraction of sp³-hybridized carbons (Fsp3) is 0.421. The fourth-order valence-corrected chi connectivity index (χ4v) is 8.86. The second-order valence-corrected chi connectivity index (χ2v) is 15.1. The van der Waals surface area contributed by atoms with E-state index >= 15 is 4.39 Å². The smallest absolute Gasteiger partial charge is 0.319 e. The Morgan fingerprint density at radius 1 is 1.13 bits per heavy atom. The minimum absolute atomic E-state index is 0.0217. The first-order chi connectivity index (χ1) is 25.2. The van der Waals surface area contributed by atoms with Gasteiger partial charge in [-0.25, -0.2) is 8.78 Å². The Morgan fingerprint density at radius 3 is 2.73 bits per heavy atom. The van der Waals surface area contributed by atoms with Crippen LogP contribution in [0.2, 0.25) is 5.02 Å². The molecule has 4 atom stereocenters. The molecule has 5 aliphatic rings. The van der Waals surface area contributed by atoms with Gasteiger partial charge in [-0.15, -0.1) is 0 Å². The van der Waals surface area contributed by atoms with Gasteiger partial charge in [-0.2, -0.15) is 15.0 Å². The number of halogens is 3. The molecule has 8 heterocycles. The molecule has 3 aromatic heterocycles. The van der Waals surface area contributed by atoms with E-state index in [4.69, 9.17) is 25.8 Å². The van der Waals surface area contributed by atoms with Crippen LogP contribution in [0.25, 0.3) is 39.0 Å². The average molecular weight is 727 g/mol. The van der Waals surface area contributed by atoms with E-state index in [1.165, 1.54) is 6.08 Å². The van der Waals surface area contributed by atoms with E-state index in [9.17, 15) is 9.18 Å². The molecule has 5 saturated heterocycles. The van der Waals surface area contributed by atoms with Gasteiger partial charge in [-0.05, 0) is 37.3 Å². The summed E-state index contributed by atoms with van der Waals surface area (Å²) in [7, 11) is 0. The lowest BCUT2D eigenvalue weighted by atomic mass is 9.87. The van der Waals surface area contributed by atoms with E-state index in [0.29, 0.717) is 59.1 Å². The number of benzene rings is 2. The van der Waals surface area contributed by atoms with Gasteiger partial charge in [0.1, 0.15) is 29.8 Å². The average Bonchev–Trinajstić information content (AvgIpc) is 3.84. The highest BCUT2D eigenvalue weighted by molar-refractivity contribution is 6.36. The molecule has 52 heavy (non-hydrogen) atoms. The number of hydrogen-bond donors (Lipinski definition) is 0. The number of aromatic nitrogens is 5. The predicted octanol–water partition coefficient (Wildman–Crippen LogP) is 6.60. The van der Waals surface area contributed by atoms with Crippen LogP contribution in [0.5, 0.6) is 6.01 Å². The van der Waals surface area contributed by atoms with E-state index in [1.807, 2.05) is 43.0 Å². The van der Waals surface area contributed by atoms with Crippen LogP contribution in [0.15, 0.2) is 53.2 Å². The Bertz CT molecular complexity index is 2230. The van der Waals surface area contributed by atoms with E-state index in [1.54, 1.807) is 24.4 Å². The SMILES string of the molecule is CC(C)c1noc(/C=C/C(=O)N2C3CC2CN(c2nc(OC[C@@]45CCCN4C[C@H](F)C5)nc4c(F)c(-c5cccc6cccc(Cl)c56)ncc24)C3)n1. The number of alkyl halides is 1. The van der Waals surface area contributed by atoms with Crippen molar-refractivity contribution in [2.75, 3.05) is 37.7 Å². The first kappa shape index (κ1) is 33.1. The topological polar surface area (TPSA) is 114 Å². The number of hydrogen-bond acceptors (Lipinski definition) is 10. The van der Waals surface area contributed by atoms with Gasteiger partial charge in [0.2, 0.25) is 5.91 Å². The number of anilines is 1. The molecule has 0 saturated carbocycles. The molecule has 2 unspecified atom stereocenters. The van der Waals surface area contributed by atoms with Crippen LogP contribution in [-0.2, 0) is 4.79 Å². The van der Waals surface area contributed by atoms with Gasteiger partial charge in [-0.1, -0.05) is 60.9 Å². The summed E-state index contributed by atoms with van der Waals surface area (Å²) in [6.45, 7) is 6.30. The second-order valence-electron chi connectivity index (χ2n) is 14.7. The van der Waals surface area contributed by atoms with E-state index in [2.05, 4.69) is 29.9 Å². The summed E-state index contributed by atoms with van der Waals surface area (Å²) in [5.74, 6) is 0.696. The Labute approximate surface area is 303 Å². The van der Waals surface area contributed by atoms with Crippen LogP contribution in [0.4, 0.5) is 14.6 Å². The van der Waals surface area contributed by atoms with Crippen LogP contribution < -0.4 is 9.64 Å². The maximum atomic E-state index is 16.9. The zero-order valence-electron chi connectivity index (χ0n) is 28.8. The molecule has 1 amide bonds. The first-order valence-corrected chi connectivity index (χ1v) is 18.2. The zero-order valence-corrected chi connectivity index (χ0v) is 29.6. The standard InChI is InChI=1S/C38H37ClF2N8O3/c1-21(2)35-43-29(52-46-35)10-11-30(50)49-24-14-25(49)19-47(18-24)36-27-16-42-33(26-8-3-6-22-7-4-9-28(39)31(22)26)32(41)34(27)44-37(45-36)51-20-38-12-5-13-48(38)17-23(40)15-38/h3-4,6-11,16,21,23-25H,5,12-15,17-20H2,1-2H3/b11-10+/t23-,24?,25?,38+/m1/s1. The summed E-state index contributed by atoms with van der Waals surface area (Å²) >= 11 is 6.63. The number of nitrogens with zero attached hydrogens (tertiary/aromatic N) is 8. The Hall–Kier alpha value is -4.75. The van der Waals surface area contributed by atoms with Gasteiger partial charge < -0.3 is 19.1 Å². The minimum Gasteiger partial charge on any atom is -0.461 e. The van der Waals surface area contributed by atoms with Crippen LogP contribution in [0.3, 0.4) is 0 Å².